The van der Waals surface area contributed by atoms with Gasteiger partial charge in [-0.25, -0.2) is 27.8 Å². The average molecular weight is 385 g/mol. The van der Waals surface area contributed by atoms with E-state index >= 15 is 0 Å². The lowest BCUT2D eigenvalue weighted by atomic mass is 10.1. The maximum Gasteiger partial charge on any atom is 0.452 e. The molecule has 0 aliphatic heterocycles. The summed E-state index contributed by atoms with van der Waals surface area (Å²) in [5, 5.41) is 0. The van der Waals surface area contributed by atoms with Crippen molar-refractivity contribution in [2.45, 2.75) is 33.1 Å². The number of rotatable bonds is 9. The molecule has 146 valence electrons. The van der Waals surface area contributed by atoms with Crippen LogP contribution in [-0.2, 0) is 30.8 Å². The molecule has 0 atom stereocenters. The molecule has 1 rings (SSSR count). The van der Waals surface area contributed by atoms with Crippen LogP contribution in [0.5, 0.6) is 0 Å². The van der Waals surface area contributed by atoms with Crippen molar-refractivity contribution >= 4 is 21.9 Å². The van der Waals surface area contributed by atoms with Crippen molar-refractivity contribution in [2.24, 2.45) is 5.92 Å². The number of aryl methyl sites for hydroxylation is 1. The van der Waals surface area contributed by atoms with Crippen LogP contribution in [0.15, 0.2) is 30.3 Å². The molecule has 0 heterocycles. The summed E-state index contributed by atoms with van der Waals surface area (Å²) in [6.45, 7) is 3.87. The molecule has 0 aliphatic rings. The number of sulfone groups is 1. The zero-order valence-corrected chi connectivity index (χ0v) is 16.3. The lowest BCUT2D eigenvalue weighted by molar-refractivity contribution is -0.236. The van der Waals surface area contributed by atoms with Crippen LogP contribution in [0.4, 0.5) is 4.79 Å². The Morgan fingerprint density at radius 3 is 2.38 bits per heavy atom. The number of hydrogen-bond donors (Lipinski definition) is 0. The van der Waals surface area contributed by atoms with Crippen LogP contribution in [0.3, 0.4) is 0 Å². The van der Waals surface area contributed by atoms with E-state index in [-0.39, 0.29) is 30.4 Å². The Kier molecular flexibility index (Phi) is 9.12. The molecule has 0 saturated carbocycles. The number of carbonyl (C=O) groups is 2. The van der Waals surface area contributed by atoms with Gasteiger partial charge in [-0.1, -0.05) is 44.2 Å². The summed E-state index contributed by atoms with van der Waals surface area (Å²) < 4.78 is 23.6. The van der Waals surface area contributed by atoms with Gasteiger partial charge in [-0.15, -0.1) is 0 Å². The van der Waals surface area contributed by atoms with Gasteiger partial charge in [-0.05, 0) is 24.3 Å². The van der Waals surface area contributed by atoms with Crippen molar-refractivity contribution in [1.82, 2.24) is 4.90 Å². The highest BCUT2D eigenvalue weighted by Gasteiger charge is 2.17. The molecule has 1 aromatic carbocycles. The SMILES string of the molecule is CC(C)CS(=O)(=O)CCCN(C)C(=O)OOC(=O)CCc1ccccc1. The number of hydrogen-bond acceptors (Lipinski definition) is 6. The maximum atomic E-state index is 11.8. The monoisotopic (exact) mass is 385 g/mol. The first-order valence-electron chi connectivity index (χ1n) is 8.56. The molecule has 0 fully saturated rings. The van der Waals surface area contributed by atoms with Crippen molar-refractivity contribution in [1.29, 1.82) is 0 Å². The van der Waals surface area contributed by atoms with Gasteiger partial charge in [-0.2, -0.15) is 0 Å². The number of benzene rings is 1. The van der Waals surface area contributed by atoms with Crippen LogP contribution in [0.2, 0.25) is 0 Å². The lowest BCUT2D eigenvalue weighted by Gasteiger charge is -2.15. The van der Waals surface area contributed by atoms with Gasteiger partial charge in [0, 0.05) is 13.6 Å². The van der Waals surface area contributed by atoms with Crippen molar-refractivity contribution in [3.05, 3.63) is 35.9 Å². The molecule has 0 bridgehead atoms. The predicted molar refractivity (Wildman–Crippen MR) is 98.1 cm³/mol. The first-order valence-corrected chi connectivity index (χ1v) is 10.4. The van der Waals surface area contributed by atoms with Gasteiger partial charge in [0.15, 0.2) is 9.84 Å². The summed E-state index contributed by atoms with van der Waals surface area (Å²) in [7, 11) is -1.67. The van der Waals surface area contributed by atoms with Crippen molar-refractivity contribution in [2.75, 3.05) is 25.1 Å². The summed E-state index contributed by atoms with van der Waals surface area (Å²) in [6, 6.07) is 9.41. The van der Waals surface area contributed by atoms with E-state index in [4.69, 9.17) is 0 Å². The van der Waals surface area contributed by atoms with Crippen LogP contribution in [0.25, 0.3) is 0 Å². The van der Waals surface area contributed by atoms with E-state index in [1.54, 1.807) is 0 Å². The Morgan fingerprint density at radius 1 is 1.12 bits per heavy atom. The molecule has 8 heteroatoms. The molecule has 0 aliphatic carbocycles. The van der Waals surface area contributed by atoms with Gasteiger partial charge in [-0.3, -0.25) is 0 Å². The second-order valence-electron chi connectivity index (χ2n) is 6.57. The average Bonchev–Trinajstić information content (AvgIpc) is 2.57. The summed E-state index contributed by atoms with van der Waals surface area (Å²) in [4.78, 5) is 33.5. The molecule has 0 unspecified atom stereocenters. The maximum absolute atomic E-state index is 11.8. The summed E-state index contributed by atoms with van der Waals surface area (Å²) in [6.07, 6.45) is 0.0389. The van der Waals surface area contributed by atoms with Crippen LogP contribution >= 0.6 is 0 Å². The quantitative estimate of drug-likeness (QED) is 0.479. The van der Waals surface area contributed by atoms with Crippen LogP contribution < -0.4 is 0 Å². The molecule has 0 saturated heterocycles. The third-order valence-electron chi connectivity index (χ3n) is 3.51. The van der Waals surface area contributed by atoms with Gasteiger partial charge in [0.25, 0.3) is 0 Å². The minimum atomic E-state index is -3.13. The second-order valence-corrected chi connectivity index (χ2v) is 8.80. The first-order chi connectivity index (χ1) is 12.2. The van der Waals surface area contributed by atoms with E-state index in [9.17, 15) is 18.0 Å². The summed E-state index contributed by atoms with van der Waals surface area (Å²) >= 11 is 0. The third kappa shape index (κ3) is 9.41. The lowest BCUT2D eigenvalue weighted by Crippen LogP contribution is -2.30. The van der Waals surface area contributed by atoms with Gasteiger partial charge >= 0.3 is 12.1 Å². The highest BCUT2D eigenvalue weighted by molar-refractivity contribution is 7.91. The van der Waals surface area contributed by atoms with E-state index in [0.717, 1.165) is 5.56 Å². The Labute approximate surface area is 155 Å². The van der Waals surface area contributed by atoms with Crippen LogP contribution in [0, 0.1) is 5.92 Å². The van der Waals surface area contributed by atoms with E-state index < -0.39 is 21.9 Å². The highest BCUT2D eigenvalue weighted by atomic mass is 32.2. The Bertz CT molecular complexity index is 672. The molecular formula is C18H27NO6S. The van der Waals surface area contributed by atoms with Crippen molar-refractivity contribution in [3.8, 4) is 0 Å². The van der Waals surface area contributed by atoms with Crippen LogP contribution in [-0.4, -0.2) is 50.5 Å². The molecular weight excluding hydrogens is 358 g/mol. The zero-order valence-electron chi connectivity index (χ0n) is 15.5. The zero-order chi connectivity index (χ0) is 19.6. The normalized spacial score (nSPS) is 11.2. The molecule has 1 aromatic rings. The van der Waals surface area contributed by atoms with Crippen molar-refractivity contribution in [3.63, 3.8) is 0 Å². The minimum absolute atomic E-state index is 0.000334. The smallest absolute Gasteiger partial charge is 0.308 e. The topological polar surface area (TPSA) is 90.0 Å². The van der Waals surface area contributed by atoms with Crippen molar-refractivity contribution < 1.29 is 27.8 Å². The summed E-state index contributed by atoms with van der Waals surface area (Å²) in [5.41, 5.74) is 0.982. The minimum Gasteiger partial charge on any atom is -0.308 e. The predicted octanol–water partition coefficient (Wildman–Crippen LogP) is 2.61. The Hall–Kier alpha value is -2.09. The molecule has 26 heavy (non-hydrogen) atoms. The fourth-order valence-corrected chi connectivity index (χ4v) is 4.03. The standard InChI is InChI=1S/C18H27NO6S/c1-15(2)14-26(22,23)13-7-12-19(3)18(21)25-24-17(20)11-10-16-8-5-4-6-9-16/h4-6,8-9,15H,7,10-14H2,1-3H3. The Morgan fingerprint density at radius 2 is 1.77 bits per heavy atom. The van der Waals surface area contributed by atoms with Gasteiger partial charge in [0.05, 0.1) is 17.9 Å². The molecule has 7 nitrogen and oxygen atoms in total. The van der Waals surface area contributed by atoms with Gasteiger partial charge < -0.3 is 4.90 Å². The molecule has 0 spiro atoms. The molecule has 0 aromatic heterocycles. The number of nitrogens with zero attached hydrogens (tertiary/aromatic N) is 1. The number of amides is 1. The second kappa shape index (κ2) is 10.8. The fraction of sp³-hybridized carbons (Fsp3) is 0.556. The molecule has 1 amide bonds. The van der Waals surface area contributed by atoms with E-state index in [1.165, 1.54) is 11.9 Å². The Balaban J connectivity index is 2.24. The molecule has 0 radical (unpaired) electrons. The van der Waals surface area contributed by atoms with Crippen LogP contribution in [0.1, 0.15) is 32.3 Å². The third-order valence-corrected chi connectivity index (χ3v) is 5.60. The van der Waals surface area contributed by atoms with Gasteiger partial charge in [0.1, 0.15) is 0 Å². The van der Waals surface area contributed by atoms with E-state index in [1.807, 2.05) is 44.2 Å². The molecule has 0 N–H and O–H groups in total. The fourth-order valence-electron chi connectivity index (χ4n) is 2.28. The van der Waals surface area contributed by atoms with Gasteiger partial charge in [0.2, 0.25) is 0 Å². The van der Waals surface area contributed by atoms with E-state index in [2.05, 4.69) is 9.78 Å². The number of carbonyl (C=O) groups excluding carboxylic acids is 2. The highest BCUT2D eigenvalue weighted by Crippen LogP contribution is 2.05. The summed E-state index contributed by atoms with van der Waals surface area (Å²) in [5.74, 6) is -0.451. The van der Waals surface area contributed by atoms with E-state index in [0.29, 0.717) is 12.8 Å². The largest absolute Gasteiger partial charge is 0.452 e. The first kappa shape index (κ1) is 22.0.